The first-order valence-electron chi connectivity index (χ1n) is 10.00. The average Bonchev–Trinajstić information content (AvgIpc) is 3.38. The number of imide groups is 1. The van der Waals surface area contributed by atoms with Gasteiger partial charge in [-0.2, -0.15) is 0 Å². The number of rotatable bonds is 7. The minimum atomic E-state index is -0.575. The van der Waals surface area contributed by atoms with Crippen LogP contribution in [0, 0.1) is 11.8 Å². The fraction of sp³-hybridized carbons (Fsp3) is 0.591. The molecule has 0 aromatic heterocycles. The number of cyclic esters (lactones) is 1. The Hall–Kier alpha value is -2.37. The normalized spacial score (nSPS) is 20.6. The van der Waals surface area contributed by atoms with E-state index < -0.39 is 11.7 Å². The summed E-state index contributed by atoms with van der Waals surface area (Å²) in [5.74, 6) is -0.623. The van der Waals surface area contributed by atoms with Crippen LogP contribution in [0.4, 0.5) is 4.79 Å². The summed E-state index contributed by atoms with van der Waals surface area (Å²) in [5, 5.41) is 0. The second kappa shape index (κ2) is 8.33. The highest BCUT2D eigenvalue weighted by Crippen LogP contribution is 2.41. The summed E-state index contributed by atoms with van der Waals surface area (Å²) in [6.07, 6.45) is 2.49. The van der Waals surface area contributed by atoms with Gasteiger partial charge in [-0.15, -0.1) is 0 Å². The van der Waals surface area contributed by atoms with Gasteiger partial charge in [0.15, 0.2) is 0 Å². The number of ether oxygens (including phenoxy) is 2. The van der Waals surface area contributed by atoms with E-state index in [4.69, 9.17) is 9.47 Å². The average molecular weight is 387 g/mol. The van der Waals surface area contributed by atoms with E-state index in [9.17, 15) is 14.4 Å². The van der Waals surface area contributed by atoms with Crippen LogP contribution in [0.3, 0.4) is 0 Å². The highest BCUT2D eigenvalue weighted by molar-refractivity contribution is 5.95. The van der Waals surface area contributed by atoms with Crippen LogP contribution in [0.15, 0.2) is 30.3 Å². The molecule has 0 radical (unpaired) electrons. The number of nitrogens with zero attached hydrogens (tertiary/aromatic N) is 1. The third-order valence-electron chi connectivity index (χ3n) is 5.10. The van der Waals surface area contributed by atoms with Crippen molar-refractivity contribution in [2.24, 2.45) is 11.8 Å². The fourth-order valence-corrected chi connectivity index (χ4v) is 3.67. The van der Waals surface area contributed by atoms with Crippen molar-refractivity contribution in [2.45, 2.75) is 64.5 Å². The first-order chi connectivity index (χ1) is 13.2. The van der Waals surface area contributed by atoms with Crippen molar-refractivity contribution in [1.82, 2.24) is 4.90 Å². The highest BCUT2D eigenvalue weighted by Gasteiger charge is 2.45. The highest BCUT2D eigenvalue weighted by atomic mass is 16.6. The van der Waals surface area contributed by atoms with Gasteiger partial charge in [0.2, 0.25) is 5.91 Å². The SMILES string of the molecule is CC(C)(C)OC(=O)CC[C@H](C(=O)N1C(=O)OC[C@@H]1Cc1ccccc1)C1CC1. The second-order valence-electron chi connectivity index (χ2n) is 8.70. The van der Waals surface area contributed by atoms with Gasteiger partial charge < -0.3 is 9.47 Å². The van der Waals surface area contributed by atoms with Crippen molar-refractivity contribution in [3.8, 4) is 0 Å². The summed E-state index contributed by atoms with van der Waals surface area (Å²) in [5.41, 5.74) is 0.510. The number of benzene rings is 1. The molecule has 2 fully saturated rings. The molecule has 0 unspecified atom stereocenters. The molecule has 1 aliphatic carbocycles. The zero-order valence-corrected chi connectivity index (χ0v) is 16.8. The van der Waals surface area contributed by atoms with E-state index in [0.717, 1.165) is 18.4 Å². The zero-order chi connectivity index (χ0) is 20.3. The maximum Gasteiger partial charge on any atom is 0.416 e. The van der Waals surface area contributed by atoms with Gasteiger partial charge in [-0.05, 0) is 57.9 Å². The lowest BCUT2D eigenvalue weighted by molar-refractivity contribution is -0.155. The molecule has 2 atom stereocenters. The molecule has 1 saturated carbocycles. The summed E-state index contributed by atoms with van der Waals surface area (Å²) in [6, 6.07) is 9.46. The van der Waals surface area contributed by atoms with Crippen LogP contribution in [-0.4, -0.2) is 41.1 Å². The van der Waals surface area contributed by atoms with Gasteiger partial charge in [-0.3, -0.25) is 9.59 Å². The molecule has 2 amide bonds. The minimum Gasteiger partial charge on any atom is -0.460 e. The molecule has 0 bridgehead atoms. The van der Waals surface area contributed by atoms with E-state index in [1.54, 1.807) is 0 Å². The Balaban J connectivity index is 1.65. The van der Waals surface area contributed by atoms with Crippen molar-refractivity contribution in [1.29, 1.82) is 0 Å². The van der Waals surface area contributed by atoms with Crippen molar-refractivity contribution in [2.75, 3.05) is 6.61 Å². The number of hydrogen-bond acceptors (Lipinski definition) is 5. The topological polar surface area (TPSA) is 72.9 Å². The predicted octanol–water partition coefficient (Wildman–Crippen LogP) is 3.72. The molecule has 6 nitrogen and oxygen atoms in total. The monoisotopic (exact) mass is 387 g/mol. The smallest absolute Gasteiger partial charge is 0.416 e. The largest absolute Gasteiger partial charge is 0.460 e. The summed E-state index contributed by atoms with van der Waals surface area (Å²) in [7, 11) is 0. The molecule has 28 heavy (non-hydrogen) atoms. The van der Waals surface area contributed by atoms with Gasteiger partial charge in [-0.25, -0.2) is 9.69 Å². The molecule has 152 valence electrons. The molecule has 1 aliphatic heterocycles. The number of carbonyl (C=O) groups excluding carboxylic acids is 3. The van der Waals surface area contributed by atoms with E-state index in [-0.39, 0.29) is 42.8 Å². The zero-order valence-electron chi connectivity index (χ0n) is 16.8. The van der Waals surface area contributed by atoms with Gasteiger partial charge in [-0.1, -0.05) is 30.3 Å². The van der Waals surface area contributed by atoms with Gasteiger partial charge in [0.25, 0.3) is 0 Å². The van der Waals surface area contributed by atoms with Crippen molar-refractivity contribution in [3.05, 3.63) is 35.9 Å². The van der Waals surface area contributed by atoms with E-state index >= 15 is 0 Å². The van der Waals surface area contributed by atoms with E-state index in [0.29, 0.717) is 12.8 Å². The quantitative estimate of drug-likeness (QED) is 0.667. The number of carbonyl (C=O) groups is 3. The molecule has 3 rings (SSSR count). The fourth-order valence-electron chi connectivity index (χ4n) is 3.67. The van der Waals surface area contributed by atoms with Gasteiger partial charge in [0, 0.05) is 12.3 Å². The molecule has 1 heterocycles. The Morgan fingerprint density at radius 1 is 1.21 bits per heavy atom. The first kappa shape index (κ1) is 20.4. The number of hydrogen-bond donors (Lipinski definition) is 0. The van der Waals surface area contributed by atoms with Gasteiger partial charge in [0.1, 0.15) is 12.2 Å². The Bertz CT molecular complexity index is 720. The molecule has 2 aliphatic rings. The van der Waals surface area contributed by atoms with Crippen LogP contribution in [0.1, 0.15) is 52.0 Å². The molecular weight excluding hydrogens is 358 g/mol. The van der Waals surface area contributed by atoms with Crippen molar-refractivity contribution < 1.29 is 23.9 Å². The number of esters is 1. The Kier molecular flexibility index (Phi) is 6.06. The Morgan fingerprint density at radius 2 is 1.89 bits per heavy atom. The third-order valence-corrected chi connectivity index (χ3v) is 5.10. The van der Waals surface area contributed by atoms with Crippen LogP contribution in [0.2, 0.25) is 0 Å². The van der Waals surface area contributed by atoms with E-state index in [1.807, 2.05) is 51.1 Å². The van der Waals surface area contributed by atoms with Crippen LogP contribution in [-0.2, 0) is 25.5 Å². The minimum absolute atomic E-state index is 0.177. The summed E-state index contributed by atoms with van der Waals surface area (Å²) < 4.78 is 10.5. The summed E-state index contributed by atoms with van der Waals surface area (Å²) >= 11 is 0. The van der Waals surface area contributed by atoms with Gasteiger partial charge >= 0.3 is 12.1 Å². The molecule has 1 aromatic carbocycles. The third kappa shape index (κ3) is 5.33. The lowest BCUT2D eigenvalue weighted by atomic mass is 9.94. The lowest BCUT2D eigenvalue weighted by Crippen LogP contribution is -2.44. The standard InChI is InChI=1S/C22H29NO5/c1-22(2,3)28-19(24)12-11-18(16-9-10-16)20(25)23-17(14-27-21(23)26)13-15-7-5-4-6-8-15/h4-8,16-18H,9-14H2,1-3H3/t17-,18-/m0/s1. The molecule has 0 N–H and O–H groups in total. The summed E-state index contributed by atoms with van der Waals surface area (Å²) in [6.45, 7) is 5.68. The van der Waals surface area contributed by atoms with Gasteiger partial charge in [0.05, 0.1) is 6.04 Å². The molecular formula is C22H29NO5. The van der Waals surface area contributed by atoms with E-state index in [1.165, 1.54) is 4.90 Å². The van der Waals surface area contributed by atoms with E-state index in [2.05, 4.69) is 0 Å². The second-order valence-corrected chi connectivity index (χ2v) is 8.70. The van der Waals surface area contributed by atoms with Crippen molar-refractivity contribution in [3.63, 3.8) is 0 Å². The van der Waals surface area contributed by atoms with Crippen LogP contribution in [0.25, 0.3) is 0 Å². The van der Waals surface area contributed by atoms with Crippen LogP contribution < -0.4 is 0 Å². The maximum atomic E-state index is 13.2. The maximum absolute atomic E-state index is 13.2. The molecule has 0 spiro atoms. The predicted molar refractivity (Wildman–Crippen MR) is 103 cm³/mol. The Morgan fingerprint density at radius 3 is 2.50 bits per heavy atom. The summed E-state index contributed by atoms with van der Waals surface area (Å²) in [4.78, 5) is 38.9. The lowest BCUT2D eigenvalue weighted by Gasteiger charge is -2.25. The van der Waals surface area contributed by atoms with Crippen LogP contribution in [0.5, 0.6) is 0 Å². The Labute approximate surface area is 166 Å². The number of amides is 2. The molecule has 1 aromatic rings. The van der Waals surface area contributed by atoms with Crippen LogP contribution >= 0.6 is 0 Å². The first-order valence-corrected chi connectivity index (χ1v) is 10.00. The molecule has 1 saturated heterocycles. The van der Waals surface area contributed by atoms with Crippen molar-refractivity contribution >= 4 is 18.0 Å². The molecule has 6 heteroatoms.